The van der Waals surface area contributed by atoms with Crippen molar-refractivity contribution in [2.24, 2.45) is 0 Å². The van der Waals surface area contributed by atoms with Gasteiger partial charge >= 0.3 is 5.69 Å². The molecule has 0 spiro atoms. The molecule has 2 fully saturated rings. The maximum atomic E-state index is 12.0. The van der Waals surface area contributed by atoms with Gasteiger partial charge in [0.25, 0.3) is 0 Å². The van der Waals surface area contributed by atoms with Crippen molar-refractivity contribution in [1.82, 2.24) is 14.9 Å². The highest BCUT2D eigenvalue weighted by atomic mass is 16.6. The number of imidazole rings is 1. The zero-order chi connectivity index (χ0) is 22.9. The molecule has 9 heteroatoms. The number of nitrogens with zero attached hydrogens (tertiary/aromatic N) is 5. The van der Waals surface area contributed by atoms with E-state index >= 15 is 0 Å². The summed E-state index contributed by atoms with van der Waals surface area (Å²) < 4.78 is 2.24. The molecule has 0 atom stereocenters. The second-order valence-electron chi connectivity index (χ2n) is 8.83. The molecule has 0 bridgehead atoms. The second kappa shape index (κ2) is 8.71. The summed E-state index contributed by atoms with van der Waals surface area (Å²) in [5.41, 5.74) is 9.66. The fraction of sp³-hybridized carbons (Fsp3) is 0.417. The third-order valence-electron chi connectivity index (χ3n) is 6.92. The van der Waals surface area contributed by atoms with Crippen LogP contribution in [0.5, 0.6) is 0 Å². The van der Waals surface area contributed by atoms with E-state index in [1.807, 2.05) is 24.5 Å². The average Bonchev–Trinajstić information content (AvgIpc) is 3.27. The van der Waals surface area contributed by atoms with Crippen LogP contribution in [0.2, 0.25) is 0 Å². The SMILES string of the molecule is N#Cc1c(N2CCNCC2)cc(-c2ccc3c(c2)ncn3C2CCCCC2)c([N+](=O)[O-])c1N. The van der Waals surface area contributed by atoms with E-state index in [9.17, 15) is 15.4 Å². The molecule has 1 saturated carbocycles. The lowest BCUT2D eigenvalue weighted by molar-refractivity contribution is -0.383. The van der Waals surface area contributed by atoms with Crippen LogP contribution < -0.4 is 16.0 Å². The highest BCUT2D eigenvalue weighted by Gasteiger charge is 2.28. The van der Waals surface area contributed by atoms with Crippen molar-refractivity contribution < 1.29 is 4.92 Å². The minimum absolute atomic E-state index is 0.0821. The van der Waals surface area contributed by atoms with Crippen LogP contribution >= 0.6 is 0 Å². The second-order valence-corrected chi connectivity index (χ2v) is 8.83. The summed E-state index contributed by atoms with van der Waals surface area (Å²) in [6.45, 7) is 2.97. The highest BCUT2D eigenvalue weighted by Crippen LogP contribution is 2.43. The van der Waals surface area contributed by atoms with Gasteiger partial charge in [-0.25, -0.2) is 4.98 Å². The van der Waals surface area contributed by atoms with Gasteiger partial charge in [-0.1, -0.05) is 25.3 Å². The molecule has 170 valence electrons. The number of rotatable bonds is 4. The first-order valence-corrected chi connectivity index (χ1v) is 11.5. The molecule has 0 amide bonds. The predicted octanol–water partition coefficient (Wildman–Crippen LogP) is 3.98. The van der Waals surface area contributed by atoms with Gasteiger partial charge in [0, 0.05) is 32.2 Å². The van der Waals surface area contributed by atoms with E-state index < -0.39 is 4.92 Å². The predicted molar refractivity (Wildman–Crippen MR) is 128 cm³/mol. The average molecular weight is 446 g/mol. The van der Waals surface area contributed by atoms with Gasteiger partial charge in [0.1, 0.15) is 17.3 Å². The summed E-state index contributed by atoms with van der Waals surface area (Å²) in [6, 6.07) is 10.1. The fourth-order valence-corrected chi connectivity index (χ4v) is 5.22. The number of nitro benzene ring substituents is 1. The zero-order valence-electron chi connectivity index (χ0n) is 18.5. The van der Waals surface area contributed by atoms with Crippen LogP contribution in [-0.4, -0.2) is 40.7 Å². The number of piperazine rings is 1. The smallest absolute Gasteiger partial charge is 0.301 e. The van der Waals surface area contributed by atoms with E-state index in [4.69, 9.17) is 5.73 Å². The Balaban J connectivity index is 1.63. The Hall–Kier alpha value is -3.64. The van der Waals surface area contributed by atoms with Crippen LogP contribution in [0.25, 0.3) is 22.2 Å². The molecule has 1 aromatic heterocycles. The zero-order valence-corrected chi connectivity index (χ0v) is 18.5. The number of anilines is 2. The van der Waals surface area contributed by atoms with Gasteiger partial charge in [0.2, 0.25) is 0 Å². The molecular formula is C24H27N7O2. The number of nitro groups is 1. The molecule has 1 saturated heterocycles. The Bertz CT molecular complexity index is 1250. The number of nitriles is 1. The number of nitrogen functional groups attached to an aromatic ring is 1. The fourth-order valence-electron chi connectivity index (χ4n) is 5.22. The van der Waals surface area contributed by atoms with E-state index in [0.29, 0.717) is 35.9 Å². The molecule has 3 aromatic rings. The maximum absolute atomic E-state index is 12.0. The van der Waals surface area contributed by atoms with E-state index in [0.717, 1.165) is 37.0 Å². The van der Waals surface area contributed by atoms with Crippen LogP contribution in [0, 0.1) is 21.4 Å². The largest absolute Gasteiger partial charge is 0.392 e. The van der Waals surface area contributed by atoms with Crippen molar-refractivity contribution in [3.63, 3.8) is 0 Å². The van der Waals surface area contributed by atoms with Gasteiger partial charge in [0.05, 0.1) is 33.5 Å². The molecule has 1 aliphatic carbocycles. The Labute approximate surface area is 192 Å². The minimum Gasteiger partial charge on any atom is -0.392 e. The Morgan fingerprint density at radius 2 is 1.94 bits per heavy atom. The number of nitrogens with two attached hydrogens (primary N) is 1. The molecule has 0 unspecified atom stereocenters. The molecule has 33 heavy (non-hydrogen) atoms. The van der Waals surface area contributed by atoms with Crippen LogP contribution in [0.3, 0.4) is 0 Å². The summed E-state index contributed by atoms with van der Waals surface area (Å²) in [5.74, 6) is 0. The standard InChI is InChI=1S/C24H27N7O2/c25-14-19-22(29-10-8-27-9-11-29)13-18(24(23(19)26)31(32)33)16-6-7-21-20(12-16)28-15-30(21)17-4-2-1-3-5-17/h6-7,12-13,15,17,27H,1-5,8-11,26H2. The quantitative estimate of drug-likeness (QED) is 0.353. The molecule has 2 heterocycles. The molecule has 5 rings (SSSR count). The molecule has 9 nitrogen and oxygen atoms in total. The van der Waals surface area contributed by atoms with E-state index in [1.165, 1.54) is 19.3 Å². The van der Waals surface area contributed by atoms with Crippen molar-refractivity contribution in [3.05, 3.63) is 46.3 Å². The Morgan fingerprint density at radius 1 is 1.18 bits per heavy atom. The molecule has 2 aliphatic rings. The van der Waals surface area contributed by atoms with Gasteiger partial charge < -0.3 is 20.5 Å². The topological polar surface area (TPSA) is 126 Å². The minimum atomic E-state index is -0.488. The normalized spacial score (nSPS) is 17.2. The van der Waals surface area contributed by atoms with Crippen LogP contribution in [-0.2, 0) is 0 Å². The molecular weight excluding hydrogens is 418 g/mol. The van der Waals surface area contributed by atoms with E-state index in [1.54, 1.807) is 6.07 Å². The number of benzene rings is 2. The van der Waals surface area contributed by atoms with Crippen LogP contribution in [0.15, 0.2) is 30.6 Å². The van der Waals surface area contributed by atoms with E-state index in [2.05, 4.69) is 25.8 Å². The van der Waals surface area contributed by atoms with Crippen molar-refractivity contribution in [3.8, 4) is 17.2 Å². The number of fused-ring (bicyclic) bond motifs is 1. The number of hydrogen-bond donors (Lipinski definition) is 2. The van der Waals surface area contributed by atoms with Crippen molar-refractivity contribution >= 4 is 28.1 Å². The summed E-state index contributed by atoms with van der Waals surface area (Å²) in [5, 5.41) is 25.1. The summed E-state index contributed by atoms with van der Waals surface area (Å²) >= 11 is 0. The lowest BCUT2D eigenvalue weighted by atomic mass is 9.95. The van der Waals surface area contributed by atoms with Gasteiger partial charge in [-0.15, -0.1) is 0 Å². The first-order valence-electron chi connectivity index (χ1n) is 11.5. The van der Waals surface area contributed by atoms with Gasteiger partial charge in [0.15, 0.2) is 0 Å². The first kappa shape index (κ1) is 21.2. The third-order valence-corrected chi connectivity index (χ3v) is 6.92. The molecule has 1 aliphatic heterocycles. The summed E-state index contributed by atoms with van der Waals surface area (Å²) in [6.07, 6.45) is 7.93. The van der Waals surface area contributed by atoms with Gasteiger partial charge in [-0.3, -0.25) is 10.1 Å². The van der Waals surface area contributed by atoms with Crippen LogP contribution in [0.4, 0.5) is 17.1 Å². The molecule has 0 radical (unpaired) electrons. The van der Waals surface area contributed by atoms with E-state index in [-0.39, 0.29) is 16.9 Å². The Morgan fingerprint density at radius 3 is 2.64 bits per heavy atom. The maximum Gasteiger partial charge on any atom is 0.301 e. The first-order chi connectivity index (χ1) is 16.1. The van der Waals surface area contributed by atoms with Crippen molar-refractivity contribution in [2.75, 3.05) is 36.8 Å². The third kappa shape index (κ3) is 3.76. The molecule has 3 N–H and O–H groups in total. The number of aromatic nitrogens is 2. The number of nitrogens with one attached hydrogen (secondary N) is 1. The van der Waals surface area contributed by atoms with Crippen LogP contribution in [0.1, 0.15) is 43.7 Å². The lowest BCUT2D eigenvalue weighted by Gasteiger charge is -2.30. The summed E-state index contributed by atoms with van der Waals surface area (Å²) in [7, 11) is 0. The lowest BCUT2D eigenvalue weighted by Crippen LogP contribution is -2.43. The van der Waals surface area contributed by atoms with Gasteiger partial charge in [-0.05, 0) is 36.6 Å². The summed E-state index contributed by atoms with van der Waals surface area (Å²) in [4.78, 5) is 18.2. The monoisotopic (exact) mass is 445 g/mol. The van der Waals surface area contributed by atoms with Crippen molar-refractivity contribution in [1.29, 1.82) is 5.26 Å². The number of hydrogen-bond acceptors (Lipinski definition) is 7. The highest BCUT2D eigenvalue weighted by molar-refractivity contribution is 5.93. The Kier molecular flexibility index (Phi) is 5.60. The van der Waals surface area contributed by atoms with Crippen molar-refractivity contribution in [2.45, 2.75) is 38.1 Å². The van der Waals surface area contributed by atoms with Gasteiger partial charge in [-0.2, -0.15) is 5.26 Å². The molecule has 2 aromatic carbocycles.